The predicted octanol–water partition coefficient (Wildman–Crippen LogP) is 3.01. The zero-order valence-electron chi connectivity index (χ0n) is 11.9. The topological polar surface area (TPSA) is 32.3 Å². The molecule has 2 rings (SSSR count). The molecule has 0 aromatic heterocycles. The third-order valence-electron chi connectivity index (χ3n) is 3.23. The molecule has 0 fully saturated rings. The van der Waals surface area contributed by atoms with E-state index in [0.717, 1.165) is 18.9 Å². The van der Waals surface area contributed by atoms with E-state index < -0.39 is 0 Å². The molecule has 1 N–H and O–H groups in total. The van der Waals surface area contributed by atoms with E-state index in [1.165, 1.54) is 6.42 Å². The van der Waals surface area contributed by atoms with Crippen LogP contribution in [0.15, 0.2) is 24.3 Å². The van der Waals surface area contributed by atoms with Crippen molar-refractivity contribution in [3.8, 4) is 0 Å². The Morgan fingerprint density at radius 2 is 2.11 bits per heavy atom. The van der Waals surface area contributed by atoms with Crippen molar-refractivity contribution in [3.63, 3.8) is 0 Å². The van der Waals surface area contributed by atoms with Gasteiger partial charge >= 0.3 is 6.03 Å². The van der Waals surface area contributed by atoms with Crippen molar-refractivity contribution in [2.24, 2.45) is 0 Å². The second kappa shape index (κ2) is 7.04. The summed E-state index contributed by atoms with van der Waals surface area (Å²) in [5, 5.41) is 2.54. The van der Waals surface area contributed by atoms with Crippen LogP contribution in [-0.2, 0) is 6.42 Å². The Morgan fingerprint density at radius 1 is 1.44 bits per heavy atom. The first-order chi connectivity index (χ1) is 8.60. The first kappa shape index (κ1) is 14.6. The number of hydrogen-bond donors (Lipinski definition) is 1. The van der Waals surface area contributed by atoms with E-state index in [1.807, 2.05) is 6.92 Å². The molecule has 1 aliphatic carbocycles. The molecule has 0 saturated heterocycles. The fourth-order valence-electron chi connectivity index (χ4n) is 2.14. The highest BCUT2D eigenvalue weighted by Crippen LogP contribution is 2.33. The second-order valence-corrected chi connectivity index (χ2v) is 4.78. The summed E-state index contributed by atoms with van der Waals surface area (Å²) in [6, 6.07) is 8.66. The Morgan fingerprint density at radius 3 is 2.56 bits per heavy atom. The highest BCUT2D eigenvalue weighted by atomic mass is 16.2. The molecule has 0 spiro atoms. The van der Waals surface area contributed by atoms with Gasteiger partial charge in [0.2, 0.25) is 0 Å². The van der Waals surface area contributed by atoms with Crippen molar-refractivity contribution in [1.82, 2.24) is 10.2 Å². The van der Waals surface area contributed by atoms with Crippen molar-refractivity contribution < 1.29 is 4.79 Å². The van der Waals surface area contributed by atoms with Gasteiger partial charge in [-0.05, 0) is 29.9 Å². The maximum atomic E-state index is 10.7. The Balaban J connectivity index is 0.000000180. The van der Waals surface area contributed by atoms with E-state index in [9.17, 15) is 4.79 Å². The average molecular weight is 248 g/mol. The number of hydrogen-bond acceptors (Lipinski definition) is 1. The fourth-order valence-corrected chi connectivity index (χ4v) is 2.14. The zero-order chi connectivity index (χ0) is 13.5. The van der Waals surface area contributed by atoms with Gasteiger partial charge in [-0.2, -0.15) is 0 Å². The molecular formula is C15H24N2O. The van der Waals surface area contributed by atoms with Crippen molar-refractivity contribution in [2.45, 2.75) is 32.6 Å². The molecule has 0 saturated carbocycles. The lowest BCUT2D eigenvalue weighted by Crippen LogP contribution is -2.35. The van der Waals surface area contributed by atoms with Gasteiger partial charge in [0.1, 0.15) is 0 Å². The number of carbonyl (C=O) groups is 1. The van der Waals surface area contributed by atoms with Gasteiger partial charge in [0.15, 0.2) is 0 Å². The van der Waals surface area contributed by atoms with E-state index in [-0.39, 0.29) is 6.03 Å². The van der Waals surface area contributed by atoms with Crippen LogP contribution in [0.25, 0.3) is 0 Å². The van der Waals surface area contributed by atoms with E-state index in [4.69, 9.17) is 0 Å². The number of amides is 2. The van der Waals surface area contributed by atoms with Crippen LogP contribution in [0.5, 0.6) is 0 Å². The van der Waals surface area contributed by atoms with Gasteiger partial charge in [-0.3, -0.25) is 0 Å². The molecule has 0 bridgehead atoms. The Labute approximate surface area is 110 Å². The monoisotopic (exact) mass is 248 g/mol. The molecule has 18 heavy (non-hydrogen) atoms. The lowest BCUT2D eigenvalue weighted by molar-refractivity contribution is 0.211. The molecule has 1 aliphatic rings. The molecule has 0 heterocycles. The number of benzene rings is 1. The summed E-state index contributed by atoms with van der Waals surface area (Å²) in [6.07, 6.45) is 2.29. The molecule has 1 aromatic carbocycles. The molecular weight excluding hydrogens is 224 g/mol. The summed E-state index contributed by atoms with van der Waals surface area (Å²) in [6.45, 7) is 5.14. The number of fused-ring (bicyclic) bond motifs is 1. The van der Waals surface area contributed by atoms with Crippen LogP contribution < -0.4 is 5.32 Å². The van der Waals surface area contributed by atoms with Crippen LogP contribution in [0.2, 0.25) is 0 Å². The number of urea groups is 1. The molecule has 1 atom stereocenters. The van der Waals surface area contributed by atoms with Crippen LogP contribution >= 0.6 is 0 Å². The SMILES string of the molecule is CC1Cc2ccccc21.CCCN(C)C(=O)NC. The highest BCUT2D eigenvalue weighted by molar-refractivity contribution is 5.73. The van der Waals surface area contributed by atoms with Gasteiger partial charge in [0.25, 0.3) is 0 Å². The Kier molecular flexibility index (Phi) is 5.69. The maximum absolute atomic E-state index is 10.7. The first-order valence-corrected chi connectivity index (χ1v) is 6.60. The van der Waals surface area contributed by atoms with Crippen LogP contribution in [0.3, 0.4) is 0 Å². The van der Waals surface area contributed by atoms with Crippen molar-refractivity contribution in [2.75, 3.05) is 20.6 Å². The number of nitrogens with zero attached hydrogens (tertiary/aromatic N) is 1. The van der Waals surface area contributed by atoms with E-state index in [1.54, 1.807) is 30.1 Å². The summed E-state index contributed by atoms with van der Waals surface area (Å²) in [4.78, 5) is 12.4. The molecule has 3 heteroatoms. The van der Waals surface area contributed by atoms with Crippen LogP contribution in [0, 0.1) is 0 Å². The first-order valence-electron chi connectivity index (χ1n) is 6.60. The fraction of sp³-hybridized carbons (Fsp3) is 0.533. The van der Waals surface area contributed by atoms with Gasteiger partial charge in [0.05, 0.1) is 0 Å². The van der Waals surface area contributed by atoms with Crippen molar-refractivity contribution in [1.29, 1.82) is 0 Å². The average Bonchev–Trinajstić information content (AvgIpc) is 2.37. The lowest BCUT2D eigenvalue weighted by atomic mass is 9.79. The molecule has 100 valence electrons. The Hall–Kier alpha value is -1.51. The van der Waals surface area contributed by atoms with Crippen LogP contribution in [0.4, 0.5) is 4.79 Å². The molecule has 3 nitrogen and oxygen atoms in total. The minimum atomic E-state index is -0.0168. The minimum absolute atomic E-state index is 0.0168. The molecule has 0 aliphatic heterocycles. The molecule has 1 aromatic rings. The summed E-state index contributed by atoms with van der Waals surface area (Å²) >= 11 is 0. The molecule has 0 radical (unpaired) electrons. The normalized spacial score (nSPS) is 15.7. The van der Waals surface area contributed by atoms with Gasteiger partial charge in [-0.25, -0.2) is 4.79 Å². The number of rotatable bonds is 2. The highest BCUT2D eigenvalue weighted by Gasteiger charge is 2.19. The van der Waals surface area contributed by atoms with E-state index in [2.05, 4.69) is 36.5 Å². The molecule has 1 unspecified atom stereocenters. The third-order valence-corrected chi connectivity index (χ3v) is 3.23. The third kappa shape index (κ3) is 3.76. The summed E-state index contributed by atoms with van der Waals surface area (Å²) < 4.78 is 0. The van der Waals surface area contributed by atoms with Gasteiger partial charge in [-0.1, -0.05) is 38.1 Å². The predicted molar refractivity (Wildman–Crippen MR) is 75.9 cm³/mol. The quantitative estimate of drug-likeness (QED) is 0.857. The number of carbonyl (C=O) groups excluding carboxylic acids is 1. The molecule has 2 amide bonds. The van der Waals surface area contributed by atoms with E-state index >= 15 is 0 Å². The standard InChI is InChI=1S/C9H10.C6H14N2O/c1-7-6-8-4-2-3-5-9(7)8;1-4-5-8(3)6(9)7-2/h2-5,7H,6H2,1H3;4-5H2,1-3H3,(H,7,9). The summed E-state index contributed by atoms with van der Waals surface area (Å²) in [5.41, 5.74) is 3.10. The second-order valence-electron chi connectivity index (χ2n) is 4.78. The van der Waals surface area contributed by atoms with Crippen LogP contribution in [-0.4, -0.2) is 31.6 Å². The zero-order valence-corrected chi connectivity index (χ0v) is 11.9. The maximum Gasteiger partial charge on any atom is 0.316 e. The minimum Gasteiger partial charge on any atom is -0.341 e. The van der Waals surface area contributed by atoms with Gasteiger partial charge in [0, 0.05) is 20.6 Å². The van der Waals surface area contributed by atoms with E-state index in [0.29, 0.717) is 0 Å². The van der Waals surface area contributed by atoms with Crippen molar-refractivity contribution >= 4 is 6.03 Å². The summed E-state index contributed by atoms with van der Waals surface area (Å²) in [5.74, 6) is 0.821. The smallest absolute Gasteiger partial charge is 0.316 e. The Bertz CT molecular complexity index is 390. The van der Waals surface area contributed by atoms with Crippen LogP contribution in [0.1, 0.15) is 37.3 Å². The van der Waals surface area contributed by atoms with Gasteiger partial charge in [-0.15, -0.1) is 0 Å². The summed E-state index contributed by atoms with van der Waals surface area (Å²) in [7, 11) is 3.41. The van der Waals surface area contributed by atoms with Gasteiger partial charge < -0.3 is 10.2 Å². The number of nitrogens with one attached hydrogen (secondary N) is 1. The largest absolute Gasteiger partial charge is 0.341 e. The van der Waals surface area contributed by atoms with Crippen molar-refractivity contribution in [3.05, 3.63) is 35.4 Å². The lowest BCUT2D eigenvalue weighted by Gasteiger charge is -2.25.